The summed E-state index contributed by atoms with van der Waals surface area (Å²) < 4.78 is 12.3. The second-order valence-electron chi connectivity index (χ2n) is 7.03. The summed E-state index contributed by atoms with van der Waals surface area (Å²) in [5.74, 6) is 1.02. The quantitative estimate of drug-likeness (QED) is 0.371. The predicted molar refractivity (Wildman–Crippen MR) is 127 cm³/mol. The van der Waals surface area contributed by atoms with Crippen molar-refractivity contribution < 1.29 is 14.3 Å². The zero-order chi connectivity index (χ0) is 21.8. The number of hydrogen-bond acceptors (Lipinski definition) is 5. The molecule has 0 aliphatic carbocycles. The second kappa shape index (κ2) is 9.18. The third-order valence-electron chi connectivity index (χ3n) is 4.78. The van der Waals surface area contributed by atoms with Gasteiger partial charge in [-0.25, -0.2) is 4.98 Å². The predicted octanol–water partition coefficient (Wildman–Crippen LogP) is 6.32. The summed E-state index contributed by atoms with van der Waals surface area (Å²) in [6, 6.07) is 19.3. The lowest BCUT2D eigenvalue weighted by atomic mass is 10.1. The molecule has 1 heterocycles. The van der Waals surface area contributed by atoms with Crippen molar-refractivity contribution >= 4 is 33.1 Å². The number of ether oxygens (including phenoxy) is 2. The number of aryl methyl sites for hydroxylation is 1. The summed E-state index contributed by atoms with van der Waals surface area (Å²) in [7, 11) is 0. The Labute approximate surface area is 185 Å². The highest BCUT2D eigenvalue weighted by Gasteiger charge is 2.13. The number of carbonyl (C=O) groups excluding carboxylic acids is 1. The molecule has 0 saturated carbocycles. The number of para-hydroxylation sites is 1. The van der Waals surface area contributed by atoms with Crippen LogP contribution in [-0.2, 0) is 0 Å². The molecule has 0 bridgehead atoms. The minimum absolute atomic E-state index is 0.210. The van der Waals surface area contributed by atoms with Gasteiger partial charge in [-0.1, -0.05) is 12.1 Å². The Morgan fingerprint density at radius 1 is 0.968 bits per heavy atom. The Kier molecular flexibility index (Phi) is 6.18. The first-order chi connectivity index (χ1) is 15.1. The van der Waals surface area contributed by atoms with Gasteiger partial charge in [0.15, 0.2) is 0 Å². The molecular formula is C25H24N2O3S. The van der Waals surface area contributed by atoms with E-state index in [1.165, 1.54) is 0 Å². The van der Waals surface area contributed by atoms with E-state index in [1.807, 2.05) is 51.1 Å². The Morgan fingerprint density at radius 2 is 1.68 bits per heavy atom. The number of aromatic nitrogens is 1. The van der Waals surface area contributed by atoms with Crippen molar-refractivity contribution in [3.63, 3.8) is 0 Å². The molecule has 1 amide bonds. The highest BCUT2D eigenvalue weighted by atomic mass is 32.1. The van der Waals surface area contributed by atoms with E-state index in [0.717, 1.165) is 32.0 Å². The summed E-state index contributed by atoms with van der Waals surface area (Å²) in [6.45, 7) is 6.83. The van der Waals surface area contributed by atoms with E-state index in [1.54, 1.807) is 29.5 Å². The fourth-order valence-electron chi connectivity index (χ4n) is 3.33. The van der Waals surface area contributed by atoms with E-state index < -0.39 is 0 Å². The van der Waals surface area contributed by atoms with Crippen molar-refractivity contribution in [3.05, 3.63) is 71.8 Å². The molecule has 0 spiro atoms. The maximum atomic E-state index is 12.9. The molecule has 0 saturated heterocycles. The third-order valence-corrected chi connectivity index (χ3v) is 5.87. The molecule has 0 radical (unpaired) electrons. The minimum Gasteiger partial charge on any atom is -0.494 e. The first kappa shape index (κ1) is 20.9. The van der Waals surface area contributed by atoms with Gasteiger partial charge in [0.05, 0.1) is 23.4 Å². The zero-order valence-electron chi connectivity index (χ0n) is 17.8. The lowest BCUT2D eigenvalue weighted by Gasteiger charge is -2.12. The van der Waals surface area contributed by atoms with Crippen molar-refractivity contribution in [2.24, 2.45) is 0 Å². The van der Waals surface area contributed by atoms with Crippen LogP contribution >= 0.6 is 11.3 Å². The molecule has 0 fully saturated rings. The molecule has 4 aromatic rings. The molecule has 0 aliphatic rings. The van der Waals surface area contributed by atoms with Crippen molar-refractivity contribution in [3.8, 4) is 22.1 Å². The molecule has 1 aromatic heterocycles. The number of benzene rings is 3. The van der Waals surface area contributed by atoms with Crippen LogP contribution in [0.4, 0.5) is 5.69 Å². The largest absolute Gasteiger partial charge is 0.494 e. The van der Waals surface area contributed by atoms with Crippen LogP contribution in [0.5, 0.6) is 11.5 Å². The zero-order valence-corrected chi connectivity index (χ0v) is 18.6. The number of nitrogens with one attached hydrogen (secondary N) is 1. The van der Waals surface area contributed by atoms with E-state index in [2.05, 4.69) is 17.4 Å². The molecule has 0 unspecified atom stereocenters. The van der Waals surface area contributed by atoms with E-state index in [0.29, 0.717) is 30.3 Å². The van der Waals surface area contributed by atoms with Gasteiger partial charge in [-0.2, -0.15) is 0 Å². The Bertz CT molecular complexity index is 1180. The van der Waals surface area contributed by atoms with Gasteiger partial charge in [0.2, 0.25) is 0 Å². The average molecular weight is 433 g/mol. The number of carbonyl (C=O) groups is 1. The number of amides is 1. The summed E-state index contributed by atoms with van der Waals surface area (Å²) >= 11 is 1.66. The monoisotopic (exact) mass is 432 g/mol. The van der Waals surface area contributed by atoms with Gasteiger partial charge in [0.25, 0.3) is 5.91 Å². The number of rotatable bonds is 7. The molecule has 158 valence electrons. The normalized spacial score (nSPS) is 10.8. The molecule has 1 N–H and O–H groups in total. The standard InChI is InChI=1S/C25H24N2O3S/c1-4-29-19-13-18(14-20(15-19)30-5-2)24(28)26-21-11-10-17(12-16(21)3)25-27-22-8-6-7-9-23(22)31-25/h6-15H,4-5H2,1-3H3,(H,26,28). The smallest absolute Gasteiger partial charge is 0.255 e. The van der Waals surface area contributed by atoms with E-state index >= 15 is 0 Å². The summed E-state index contributed by atoms with van der Waals surface area (Å²) in [4.78, 5) is 17.6. The van der Waals surface area contributed by atoms with Gasteiger partial charge in [-0.05, 0) is 68.8 Å². The Hall–Kier alpha value is -3.38. The number of fused-ring (bicyclic) bond motifs is 1. The highest BCUT2D eigenvalue weighted by molar-refractivity contribution is 7.21. The van der Waals surface area contributed by atoms with E-state index in [-0.39, 0.29) is 5.91 Å². The van der Waals surface area contributed by atoms with Crippen LogP contribution in [0.15, 0.2) is 60.7 Å². The molecule has 0 aliphatic heterocycles. The lowest BCUT2D eigenvalue weighted by Crippen LogP contribution is -2.13. The van der Waals surface area contributed by atoms with Gasteiger partial charge >= 0.3 is 0 Å². The maximum Gasteiger partial charge on any atom is 0.255 e. The van der Waals surface area contributed by atoms with Crippen LogP contribution in [-0.4, -0.2) is 24.1 Å². The fraction of sp³-hybridized carbons (Fsp3) is 0.200. The number of anilines is 1. The van der Waals surface area contributed by atoms with Gasteiger partial charge in [0, 0.05) is 22.9 Å². The molecule has 3 aromatic carbocycles. The number of hydrogen-bond donors (Lipinski definition) is 1. The first-order valence-electron chi connectivity index (χ1n) is 10.3. The molecule has 0 atom stereocenters. The fourth-order valence-corrected chi connectivity index (χ4v) is 4.29. The average Bonchev–Trinajstić information content (AvgIpc) is 3.20. The molecule has 31 heavy (non-hydrogen) atoms. The van der Waals surface area contributed by atoms with Crippen LogP contribution in [0.1, 0.15) is 29.8 Å². The summed E-state index contributed by atoms with van der Waals surface area (Å²) in [5, 5.41) is 3.97. The topological polar surface area (TPSA) is 60.5 Å². The van der Waals surface area contributed by atoms with Crippen LogP contribution in [0.25, 0.3) is 20.8 Å². The van der Waals surface area contributed by atoms with E-state index in [9.17, 15) is 4.79 Å². The van der Waals surface area contributed by atoms with Crippen LogP contribution in [0.2, 0.25) is 0 Å². The Morgan fingerprint density at radius 3 is 2.32 bits per heavy atom. The third kappa shape index (κ3) is 4.70. The van der Waals surface area contributed by atoms with Crippen molar-refractivity contribution in [1.82, 2.24) is 4.98 Å². The van der Waals surface area contributed by atoms with Crippen molar-refractivity contribution in [2.45, 2.75) is 20.8 Å². The van der Waals surface area contributed by atoms with Crippen LogP contribution < -0.4 is 14.8 Å². The Balaban J connectivity index is 1.57. The van der Waals surface area contributed by atoms with Gasteiger partial charge in [-0.15, -0.1) is 11.3 Å². The first-order valence-corrected chi connectivity index (χ1v) is 11.1. The van der Waals surface area contributed by atoms with Crippen molar-refractivity contribution in [1.29, 1.82) is 0 Å². The minimum atomic E-state index is -0.210. The summed E-state index contributed by atoms with van der Waals surface area (Å²) in [5.41, 5.74) is 4.25. The van der Waals surface area contributed by atoms with Gasteiger partial charge in [-0.3, -0.25) is 4.79 Å². The highest BCUT2D eigenvalue weighted by Crippen LogP contribution is 2.32. The molecule has 6 heteroatoms. The number of thiazole rings is 1. The van der Waals surface area contributed by atoms with Crippen molar-refractivity contribution in [2.75, 3.05) is 18.5 Å². The lowest BCUT2D eigenvalue weighted by molar-refractivity contribution is 0.102. The second-order valence-corrected chi connectivity index (χ2v) is 8.06. The van der Waals surface area contributed by atoms with Gasteiger partial charge < -0.3 is 14.8 Å². The number of nitrogens with zero attached hydrogens (tertiary/aromatic N) is 1. The summed E-state index contributed by atoms with van der Waals surface area (Å²) in [6.07, 6.45) is 0. The SMILES string of the molecule is CCOc1cc(OCC)cc(C(=O)Nc2ccc(-c3nc4ccccc4s3)cc2C)c1. The molecule has 4 rings (SSSR count). The maximum absolute atomic E-state index is 12.9. The van der Waals surface area contributed by atoms with E-state index in [4.69, 9.17) is 14.5 Å². The van der Waals surface area contributed by atoms with Gasteiger partial charge in [0.1, 0.15) is 16.5 Å². The van der Waals surface area contributed by atoms with Crippen LogP contribution in [0.3, 0.4) is 0 Å². The molecular weight excluding hydrogens is 408 g/mol. The van der Waals surface area contributed by atoms with Crippen LogP contribution in [0, 0.1) is 6.92 Å². The molecule has 5 nitrogen and oxygen atoms in total.